The van der Waals surface area contributed by atoms with Crippen LogP contribution in [0.3, 0.4) is 0 Å². The number of quaternary nitrogens is 1. The molecule has 0 spiro atoms. The number of carbonyl (C=O) groups is 2. The van der Waals surface area contributed by atoms with Crippen LogP contribution in [0.2, 0.25) is 0 Å². The van der Waals surface area contributed by atoms with Crippen molar-refractivity contribution in [3.63, 3.8) is 0 Å². The number of unbranched alkanes of at least 4 members (excludes halogenated alkanes) is 46. The number of hydrogen-bond donors (Lipinski definition) is 1. The van der Waals surface area contributed by atoms with Crippen LogP contribution in [-0.2, 0) is 27.9 Å². The van der Waals surface area contributed by atoms with Gasteiger partial charge in [-0.15, -0.1) is 0 Å². The molecule has 0 rings (SSSR count). The van der Waals surface area contributed by atoms with Gasteiger partial charge in [0, 0.05) is 12.8 Å². The Bertz CT molecular complexity index is 1590. The Morgan fingerprint density at radius 2 is 0.718 bits per heavy atom. The van der Waals surface area contributed by atoms with E-state index in [2.05, 4.69) is 62.5 Å². The van der Waals surface area contributed by atoms with E-state index >= 15 is 0 Å². The monoisotopic (exact) mass is 1220 g/mol. The Morgan fingerprint density at radius 3 is 1.09 bits per heavy atom. The molecule has 0 aliphatic heterocycles. The average Bonchev–Trinajstić information content (AvgIpc) is 3.64. The summed E-state index contributed by atoms with van der Waals surface area (Å²) < 4.78 is 30.5. The van der Waals surface area contributed by atoms with Crippen molar-refractivity contribution in [1.29, 1.82) is 0 Å². The number of rotatable bonds is 68. The van der Waals surface area contributed by atoms with Crippen LogP contribution in [0, 0.1) is 0 Å². The fourth-order valence-corrected chi connectivity index (χ4v) is 11.8. The molecule has 9 nitrogen and oxygen atoms in total. The van der Waals surface area contributed by atoms with Gasteiger partial charge in [0.15, 0.2) is 0 Å². The van der Waals surface area contributed by atoms with E-state index in [1.54, 1.807) is 0 Å². The number of allylic oxidation sites excluding steroid dienone is 7. The van der Waals surface area contributed by atoms with Crippen molar-refractivity contribution in [3.05, 3.63) is 48.6 Å². The van der Waals surface area contributed by atoms with Gasteiger partial charge in [-0.3, -0.25) is 14.2 Å². The first kappa shape index (κ1) is 83.0. The lowest BCUT2D eigenvalue weighted by atomic mass is 10.0. The SMILES string of the molecule is CCCCC/C=C\C/C=C\C/C=C\CCCCCCCCCCCCCCCCC(=O)NC(COP(=O)([O-])OCC[N+](C)(C)C)C(/C=C\CCCCCCCCCCC)OC(=O)CCCCCCCCCCCCCCCCCCCCCCC. The topological polar surface area (TPSA) is 114 Å². The van der Waals surface area contributed by atoms with Gasteiger partial charge in [0.1, 0.15) is 19.3 Å². The summed E-state index contributed by atoms with van der Waals surface area (Å²) in [5.41, 5.74) is 0. The van der Waals surface area contributed by atoms with Crippen LogP contribution in [0.4, 0.5) is 0 Å². The first-order valence-corrected chi connectivity index (χ1v) is 38.4. The van der Waals surface area contributed by atoms with Crippen LogP contribution in [0.15, 0.2) is 48.6 Å². The minimum atomic E-state index is -4.70. The third-order valence-corrected chi connectivity index (χ3v) is 17.7. The maximum Gasteiger partial charge on any atom is 0.306 e. The van der Waals surface area contributed by atoms with E-state index in [4.69, 9.17) is 13.8 Å². The summed E-state index contributed by atoms with van der Waals surface area (Å²) in [5.74, 6) is -0.523. The second-order valence-electron chi connectivity index (χ2n) is 26.5. The van der Waals surface area contributed by atoms with E-state index in [1.165, 1.54) is 263 Å². The molecular weight excluding hydrogens is 1070 g/mol. The van der Waals surface area contributed by atoms with E-state index in [0.29, 0.717) is 17.4 Å². The Hall–Kier alpha value is -2.03. The maximum absolute atomic E-state index is 13.6. The van der Waals surface area contributed by atoms with Gasteiger partial charge in [-0.25, -0.2) is 0 Å². The number of nitrogens with one attached hydrogen (secondary N) is 1. The molecule has 10 heteroatoms. The minimum absolute atomic E-state index is 0.0201. The van der Waals surface area contributed by atoms with Gasteiger partial charge < -0.3 is 28.5 Å². The lowest BCUT2D eigenvalue weighted by Gasteiger charge is -2.30. The highest BCUT2D eigenvalue weighted by molar-refractivity contribution is 7.45. The first-order valence-electron chi connectivity index (χ1n) is 36.9. The number of esters is 1. The number of amides is 1. The van der Waals surface area contributed by atoms with Gasteiger partial charge in [0.25, 0.3) is 7.82 Å². The summed E-state index contributed by atoms with van der Waals surface area (Å²) in [6, 6.07) is -0.886. The van der Waals surface area contributed by atoms with Crippen LogP contribution in [-0.4, -0.2) is 69.4 Å². The van der Waals surface area contributed by atoms with Crippen LogP contribution in [0.1, 0.15) is 367 Å². The number of phosphoric ester groups is 1. The van der Waals surface area contributed by atoms with Gasteiger partial charge in [-0.1, -0.05) is 333 Å². The summed E-state index contributed by atoms with van der Waals surface area (Å²) >= 11 is 0. The lowest BCUT2D eigenvalue weighted by Crippen LogP contribution is -2.47. The third-order valence-electron chi connectivity index (χ3n) is 16.8. The van der Waals surface area contributed by atoms with Crippen molar-refractivity contribution in [1.82, 2.24) is 5.32 Å². The van der Waals surface area contributed by atoms with Crippen LogP contribution in [0.25, 0.3) is 0 Å². The van der Waals surface area contributed by atoms with E-state index in [0.717, 1.165) is 70.6 Å². The number of nitrogens with zero attached hydrogens (tertiary/aromatic N) is 1. The van der Waals surface area contributed by atoms with Crippen LogP contribution >= 0.6 is 7.82 Å². The van der Waals surface area contributed by atoms with E-state index in [1.807, 2.05) is 33.3 Å². The zero-order valence-corrected chi connectivity index (χ0v) is 58.2. The molecule has 0 radical (unpaired) electrons. The molecule has 0 saturated heterocycles. The molecule has 500 valence electrons. The van der Waals surface area contributed by atoms with Crippen molar-refractivity contribution < 1.29 is 37.3 Å². The molecule has 3 atom stereocenters. The van der Waals surface area contributed by atoms with Crippen LogP contribution < -0.4 is 10.2 Å². The Kier molecular flexibility index (Phi) is 63.4. The number of likely N-dealkylation sites (N-methyl/N-ethyl adjacent to an activating group) is 1. The van der Waals surface area contributed by atoms with Crippen molar-refractivity contribution in [3.8, 4) is 0 Å². The molecule has 0 saturated carbocycles. The number of carbonyl (C=O) groups excluding carboxylic acids is 2. The largest absolute Gasteiger partial charge is 0.756 e. The standard InChI is InChI=1S/C75H143N2O7P/c1-7-10-13-16-19-22-25-27-29-31-33-35-36-37-38-39-40-42-43-45-47-49-52-55-58-61-64-67-74(78)76-72(71-83-85(80,81)82-70-69-77(4,5)6)73(66-63-60-57-54-51-24-21-18-15-12-9-3)84-75(79)68-65-62-59-56-53-50-48-46-44-41-34-32-30-28-26-23-20-17-14-11-8-2/h19,22,27,29,33,35,63,66,72-73H,7-18,20-21,23-26,28,30-32,34,36-62,64-65,67-71H2,1-6H3,(H-,76,78,80,81)/b22-19-,29-27-,35-33-,66-63-. The van der Waals surface area contributed by atoms with Gasteiger partial charge >= 0.3 is 5.97 Å². The summed E-state index contributed by atoms with van der Waals surface area (Å²) in [5, 5.41) is 3.05. The van der Waals surface area contributed by atoms with Crippen molar-refractivity contribution in [2.24, 2.45) is 0 Å². The zero-order valence-electron chi connectivity index (χ0n) is 57.3. The van der Waals surface area contributed by atoms with Crippen molar-refractivity contribution in [2.75, 3.05) is 40.9 Å². The van der Waals surface area contributed by atoms with Gasteiger partial charge in [0.05, 0.1) is 33.8 Å². The number of hydrogen-bond acceptors (Lipinski definition) is 7. The molecular formula is C75H143N2O7P. The second kappa shape index (κ2) is 64.9. The molecule has 0 aromatic rings. The third kappa shape index (κ3) is 66.2. The zero-order chi connectivity index (χ0) is 62.1. The molecule has 0 fully saturated rings. The van der Waals surface area contributed by atoms with Gasteiger partial charge in [0.2, 0.25) is 5.91 Å². The number of ether oxygens (including phenoxy) is 1. The van der Waals surface area contributed by atoms with E-state index in [-0.39, 0.29) is 31.5 Å². The smallest absolute Gasteiger partial charge is 0.306 e. The second-order valence-corrected chi connectivity index (χ2v) is 27.9. The average molecular weight is 1220 g/mol. The highest BCUT2D eigenvalue weighted by Crippen LogP contribution is 2.38. The minimum Gasteiger partial charge on any atom is -0.756 e. The lowest BCUT2D eigenvalue weighted by molar-refractivity contribution is -0.870. The molecule has 85 heavy (non-hydrogen) atoms. The molecule has 1 N–H and O–H groups in total. The van der Waals surface area contributed by atoms with Gasteiger partial charge in [-0.2, -0.15) is 0 Å². The summed E-state index contributed by atoms with van der Waals surface area (Å²) in [6.07, 6.45) is 82.4. The summed E-state index contributed by atoms with van der Waals surface area (Å²) in [6.45, 7) is 6.87. The molecule has 0 aliphatic rings. The molecule has 0 aromatic carbocycles. The van der Waals surface area contributed by atoms with E-state index < -0.39 is 20.0 Å². The first-order chi connectivity index (χ1) is 41.4. The highest BCUT2D eigenvalue weighted by Gasteiger charge is 2.27. The fraction of sp³-hybridized carbons (Fsp3) is 0.867. The Morgan fingerprint density at radius 1 is 0.412 bits per heavy atom. The predicted molar refractivity (Wildman–Crippen MR) is 367 cm³/mol. The molecule has 0 heterocycles. The Balaban J connectivity index is 4.94. The maximum atomic E-state index is 13.6. The highest BCUT2D eigenvalue weighted by atomic mass is 31.2. The van der Waals surface area contributed by atoms with Gasteiger partial charge in [-0.05, 0) is 70.3 Å². The van der Waals surface area contributed by atoms with E-state index in [9.17, 15) is 19.0 Å². The Labute approximate surface area is 529 Å². The quantitative estimate of drug-likeness (QED) is 0.0212. The fourth-order valence-electron chi connectivity index (χ4n) is 11.1. The molecule has 0 bridgehead atoms. The normalized spacial score (nSPS) is 13.7. The number of phosphoric acid groups is 1. The molecule has 1 amide bonds. The predicted octanol–water partition coefficient (Wildman–Crippen LogP) is 22.9. The van der Waals surface area contributed by atoms with Crippen molar-refractivity contribution >= 4 is 19.7 Å². The molecule has 0 aromatic heterocycles. The summed E-state index contributed by atoms with van der Waals surface area (Å²) in [4.78, 5) is 40.2. The molecule has 0 aliphatic carbocycles. The van der Waals surface area contributed by atoms with Crippen molar-refractivity contribution in [2.45, 2.75) is 380 Å². The summed E-state index contributed by atoms with van der Waals surface area (Å²) in [7, 11) is 1.20. The molecule has 3 unspecified atom stereocenters. The van der Waals surface area contributed by atoms with Crippen LogP contribution in [0.5, 0.6) is 0 Å².